The van der Waals surface area contributed by atoms with E-state index in [9.17, 15) is 19.1 Å². The van der Waals surface area contributed by atoms with E-state index in [4.69, 9.17) is 5.73 Å². The summed E-state index contributed by atoms with van der Waals surface area (Å²) in [6, 6.07) is 12.5. The third-order valence-electron chi connectivity index (χ3n) is 5.49. The molecule has 0 unspecified atom stereocenters. The first-order valence-electron chi connectivity index (χ1n) is 10.8. The van der Waals surface area contributed by atoms with Gasteiger partial charge < -0.3 is 31.7 Å². The van der Waals surface area contributed by atoms with Crippen molar-refractivity contribution in [3.63, 3.8) is 0 Å². The fraction of sp³-hybridized carbons (Fsp3) is 0.208. The molecule has 2 aromatic carbocycles. The molecule has 0 spiro atoms. The van der Waals surface area contributed by atoms with E-state index in [0.717, 1.165) is 12.0 Å². The molecule has 0 saturated carbocycles. The molecule has 0 radical (unpaired) electrons. The third-order valence-corrected chi connectivity index (χ3v) is 5.49. The molecule has 1 saturated heterocycles. The summed E-state index contributed by atoms with van der Waals surface area (Å²) in [4.78, 5) is 29.8. The number of aromatic nitrogens is 1. The van der Waals surface area contributed by atoms with E-state index >= 15 is 0 Å². The summed E-state index contributed by atoms with van der Waals surface area (Å²) in [7, 11) is 0. The van der Waals surface area contributed by atoms with E-state index in [2.05, 4.69) is 20.9 Å². The lowest BCUT2D eigenvalue weighted by Gasteiger charge is -2.30. The van der Waals surface area contributed by atoms with Crippen LogP contribution < -0.4 is 21.7 Å². The Kier molecular flexibility index (Phi) is 6.77. The van der Waals surface area contributed by atoms with E-state index in [-0.39, 0.29) is 23.0 Å². The molecular formula is C24H25FN6O3. The van der Waals surface area contributed by atoms with Crippen molar-refractivity contribution >= 4 is 34.8 Å². The number of aromatic hydroxyl groups is 1. The van der Waals surface area contributed by atoms with Gasteiger partial charge in [-0.15, -0.1) is 0 Å². The van der Waals surface area contributed by atoms with Crippen molar-refractivity contribution in [1.29, 1.82) is 0 Å². The smallest absolute Gasteiger partial charge is 0.321 e. The topological polar surface area (TPSA) is 133 Å². The molecule has 1 aromatic heterocycles. The number of hydrogen-bond acceptors (Lipinski definition) is 6. The number of para-hydroxylation sites is 1. The SMILES string of the molecule is NC(=O)c1cnc(Nc2ccc(F)c(NC(=O)N3CCC3)c2)cc1NCCc1ccccc1O. The summed E-state index contributed by atoms with van der Waals surface area (Å²) in [5, 5.41) is 18.7. The summed E-state index contributed by atoms with van der Waals surface area (Å²) in [6.45, 7) is 1.74. The highest BCUT2D eigenvalue weighted by Gasteiger charge is 2.21. The van der Waals surface area contributed by atoms with Crippen LogP contribution in [-0.2, 0) is 6.42 Å². The molecule has 1 fully saturated rings. The second-order valence-corrected chi connectivity index (χ2v) is 7.88. The summed E-state index contributed by atoms with van der Waals surface area (Å²) < 4.78 is 14.2. The lowest BCUT2D eigenvalue weighted by atomic mass is 10.1. The summed E-state index contributed by atoms with van der Waals surface area (Å²) in [5.41, 5.74) is 7.48. The van der Waals surface area contributed by atoms with Gasteiger partial charge in [0, 0.05) is 37.6 Å². The first-order chi connectivity index (χ1) is 16.4. The number of carbonyl (C=O) groups excluding carboxylic acids is 2. The Balaban J connectivity index is 1.47. The highest BCUT2D eigenvalue weighted by molar-refractivity contribution is 5.98. The number of primary amides is 1. The molecule has 0 atom stereocenters. The van der Waals surface area contributed by atoms with E-state index < -0.39 is 11.7 Å². The molecule has 1 aliphatic heterocycles. The molecule has 34 heavy (non-hydrogen) atoms. The van der Waals surface area contributed by atoms with Gasteiger partial charge >= 0.3 is 6.03 Å². The summed E-state index contributed by atoms with van der Waals surface area (Å²) >= 11 is 0. The van der Waals surface area contributed by atoms with Gasteiger partial charge in [-0.2, -0.15) is 0 Å². The van der Waals surface area contributed by atoms with Gasteiger partial charge in [0.15, 0.2) is 0 Å². The lowest BCUT2D eigenvalue weighted by molar-refractivity contribution is 0.100. The van der Waals surface area contributed by atoms with Crippen LogP contribution in [0.2, 0.25) is 0 Å². The molecule has 3 aromatic rings. The third kappa shape index (κ3) is 5.34. The Bertz CT molecular complexity index is 1220. The van der Waals surface area contributed by atoms with Crippen LogP contribution >= 0.6 is 0 Å². The number of hydrogen-bond donors (Lipinski definition) is 5. The second kappa shape index (κ2) is 10.1. The van der Waals surface area contributed by atoms with Crippen molar-refractivity contribution in [2.24, 2.45) is 5.73 Å². The maximum Gasteiger partial charge on any atom is 0.321 e. The minimum Gasteiger partial charge on any atom is -0.508 e. The zero-order valence-corrected chi connectivity index (χ0v) is 18.3. The molecule has 10 heteroatoms. The average Bonchev–Trinajstić information content (AvgIpc) is 2.76. The fourth-order valence-electron chi connectivity index (χ4n) is 3.48. The van der Waals surface area contributed by atoms with Gasteiger partial charge in [0.25, 0.3) is 5.91 Å². The zero-order chi connectivity index (χ0) is 24.1. The van der Waals surface area contributed by atoms with E-state index in [1.807, 2.05) is 12.1 Å². The van der Waals surface area contributed by atoms with Gasteiger partial charge in [-0.1, -0.05) is 18.2 Å². The van der Waals surface area contributed by atoms with Gasteiger partial charge in [0.1, 0.15) is 17.4 Å². The number of nitrogens with zero attached hydrogens (tertiary/aromatic N) is 2. The van der Waals surface area contributed by atoms with Crippen LogP contribution in [0.25, 0.3) is 0 Å². The van der Waals surface area contributed by atoms with Crippen LogP contribution in [0, 0.1) is 5.82 Å². The predicted molar refractivity (Wildman–Crippen MR) is 128 cm³/mol. The fourth-order valence-corrected chi connectivity index (χ4v) is 3.48. The van der Waals surface area contributed by atoms with Crippen LogP contribution in [0.5, 0.6) is 5.75 Å². The molecule has 4 rings (SSSR count). The quantitative estimate of drug-likeness (QED) is 0.346. The maximum absolute atomic E-state index is 14.2. The van der Waals surface area contributed by atoms with Crippen molar-refractivity contribution < 1.29 is 19.1 Å². The van der Waals surface area contributed by atoms with Crippen molar-refractivity contribution in [2.75, 3.05) is 35.6 Å². The number of nitrogens with one attached hydrogen (secondary N) is 3. The summed E-state index contributed by atoms with van der Waals surface area (Å²) in [6.07, 6.45) is 2.81. The zero-order valence-electron chi connectivity index (χ0n) is 18.3. The first kappa shape index (κ1) is 22.8. The van der Waals surface area contributed by atoms with Gasteiger partial charge in [-0.05, 0) is 42.7 Å². The molecule has 0 bridgehead atoms. The first-order valence-corrected chi connectivity index (χ1v) is 10.8. The Morgan fingerprint density at radius 3 is 2.62 bits per heavy atom. The van der Waals surface area contributed by atoms with Crippen molar-refractivity contribution in [3.05, 3.63) is 71.7 Å². The highest BCUT2D eigenvalue weighted by atomic mass is 19.1. The van der Waals surface area contributed by atoms with Crippen molar-refractivity contribution in [3.8, 4) is 5.75 Å². The van der Waals surface area contributed by atoms with Crippen LogP contribution in [0.15, 0.2) is 54.7 Å². The Morgan fingerprint density at radius 2 is 1.91 bits per heavy atom. The number of likely N-dealkylation sites (tertiary alicyclic amines) is 1. The molecule has 6 N–H and O–H groups in total. The number of anilines is 4. The van der Waals surface area contributed by atoms with Crippen LogP contribution in [-0.4, -0.2) is 46.6 Å². The number of carbonyl (C=O) groups is 2. The molecule has 176 valence electrons. The van der Waals surface area contributed by atoms with Crippen LogP contribution in [0.3, 0.4) is 0 Å². The number of benzene rings is 2. The minimum absolute atomic E-state index is 0.0525. The van der Waals surface area contributed by atoms with Crippen LogP contribution in [0.4, 0.5) is 32.1 Å². The number of phenolic OH excluding ortho intramolecular Hbond substituents is 1. The van der Waals surface area contributed by atoms with Crippen molar-refractivity contribution in [2.45, 2.75) is 12.8 Å². The number of amides is 3. The van der Waals surface area contributed by atoms with E-state index in [1.54, 1.807) is 23.1 Å². The minimum atomic E-state index is -0.637. The monoisotopic (exact) mass is 464 g/mol. The number of rotatable bonds is 8. The number of halogens is 1. The largest absolute Gasteiger partial charge is 0.508 e. The normalized spacial score (nSPS) is 12.6. The van der Waals surface area contributed by atoms with Crippen molar-refractivity contribution in [1.82, 2.24) is 9.88 Å². The van der Waals surface area contributed by atoms with Gasteiger partial charge in [-0.25, -0.2) is 14.2 Å². The van der Waals surface area contributed by atoms with Crippen LogP contribution in [0.1, 0.15) is 22.3 Å². The molecule has 3 amide bonds. The number of pyridine rings is 1. The Hall–Kier alpha value is -4.34. The molecule has 1 aliphatic rings. The number of nitrogens with two attached hydrogens (primary N) is 1. The molecule has 0 aliphatic carbocycles. The number of phenols is 1. The van der Waals surface area contributed by atoms with Gasteiger partial charge in [0.05, 0.1) is 16.9 Å². The molecule has 9 nitrogen and oxygen atoms in total. The van der Waals surface area contributed by atoms with Gasteiger partial charge in [-0.3, -0.25) is 4.79 Å². The second-order valence-electron chi connectivity index (χ2n) is 7.88. The molecule has 2 heterocycles. The van der Waals surface area contributed by atoms with E-state index in [1.165, 1.54) is 24.4 Å². The Labute approximate surface area is 195 Å². The standard InChI is InChI=1S/C24H25FN6O3/c25-18-7-6-16(12-20(18)30-24(34)31-10-3-11-31)29-22-13-19(17(14-28-22)23(26)33)27-9-8-15-4-1-2-5-21(15)32/h1-2,4-7,12-14,32H,3,8-11H2,(H2,26,33)(H,30,34)(H2,27,28,29). The average molecular weight is 465 g/mol. The predicted octanol–water partition coefficient (Wildman–Crippen LogP) is 3.66. The highest BCUT2D eigenvalue weighted by Crippen LogP contribution is 2.26. The summed E-state index contributed by atoms with van der Waals surface area (Å²) in [5.74, 6) is -0.601. The van der Waals surface area contributed by atoms with E-state index in [0.29, 0.717) is 43.2 Å². The lowest BCUT2D eigenvalue weighted by Crippen LogP contribution is -2.44. The van der Waals surface area contributed by atoms with Gasteiger partial charge in [0.2, 0.25) is 0 Å². The Morgan fingerprint density at radius 1 is 1.12 bits per heavy atom. The maximum atomic E-state index is 14.2. The number of urea groups is 1. The molecular weight excluding hydrogens is 439 g/mol.